The fourth-order valence-electron chi connectivity index (χ4n) is 4.00. The van der Waals surface area contributed by atoms with Crippen molar-refractivity contribution in [1.82, 2.24) is 25.3 Å². The second kappa shape index (κ2) is 12.4. The number of benzene rings is 1. The summed E-state index contributed by atoms with van der Waals surface area (Å²) in [6.45, 7) is 11.3. The summed E-state index contributed by atoms with van der Waals surface area (Å²) >= 11 is 1.76. The van der Waals surface area contributed by atoms with Crippen LogP contribution in [0.15, 0.2) is 59.0 Å². The zero-order valence-electron chi connectivity index (χ0n) is 20.1. The summed E-state index contributed by atoms with van der Waals surface area (Å²) in [5.41, 5.74) is 2.41. The van der Waals surface area contributed by atoms with E-state index in [2.05, 4.69) is 49.9 Å². The van der Waals surface area contributed by atoms with Crippen molar-refractivity contribution in [3.63, 3.8) is 0 Å². The van der Waals surface area contributed by atoms with E-state index in [1.54, 1.807) is 22.2 Å². The van der Waals surface area contributed by atoms with E-state index >= 15 is 0 Å². The molecule has 8 nitrogen and oxygen atoms in total. The number of morpholine rings is 1. The molecule has 184 valence electrons. The van der Waals surface area contributed by atoms with Crippen molar-refractivity contribution in [3.8, 4) is 11.1 Å². The van der Waals surface area contributed by atoms with Crippen LogP contribution in [-0.2, 0) is 11.2 Å². The Morgan fingerprint density at radius 3 is 2.69 bits per heavy atom. The van der Waals surface area contributed by atoms with Crippen LogP contribution in [0.4, 0.5) is 5.82 Å². The van der Waals surface area contributed by atoms with Gasteiger partial charge in [0.15, 0.2) is 5.82 Å². The highest BCUT2D eigenvalue weighted by atomic mass is 32.1. The van der Waals surface area contributed by atoms with Gasteiger partial charge >= 0.3 is 0 Å². The summed E-state index contributed by atoms with van der Waals surface area (Å²) in [4.78, 5) is 20.4. The van der Waals surface area contributed by atoms with Crippen LogP contribution in [0, 0.1) is 0 Å². The minimum Gasteiger partial charge on any atom is -0.379 e. The predicted octanol–water partition coefficient (Wildman–Crippen LogP) is 3.66. The number of amides is 1. The van der Waals surface area contributed by atoms with Crippen LogP contribution in [-0.4, -0.2) is 73.2 Å². The second-order valence-electron chi connectivity index (χ2n) is 8.17. The molecule has 0 spiro atoms. The Morgan fingerprint density at radius 1 is 1.20 bits per heavy atom. The highest BCUT2D eigenvalue weighted by Gasteiger charge is 2.15. The first kappa shape index (κ1) is 24.8. The molecule has 2 N–H and O–H groups in total. The summed E-state index contributed by atoms with van der Waals surface area (Å²) < 4.78 is 7.13. The van der Waals surface area contributed by atoms with Gasteiger partial charge in [-0.1, -0.05) is 18.2 Å². The van der Waals surface area contributed by atoms with Crippen LogP contribution in [0.25, 0.3) is 16.9 Å². The molecule has 0 aliphatic carbocycles. The van der Waals surface area contributed by atoms with E-state index in [1.165, 1.54) is 4.88 Å². The normalized spacial score (nSPS) is 14.6. The Balaban J connectivity index is 1.37. The first-order valence-corrected chi connectivity index (χ1v) is 12.7. The summed E-state index contributed by atoms with van der Waals surface area (Å²) in [7, 11) is 0. The molecular weight excluding hydrogens is 460 g/mol. The van der Waals surface area contributed by atoms with Gasteiger partial charge in [0.05, 0.1) is 19.4 Å². The maximum Gasteiger partial charge on any atom is 0.251 e. The lowest BCUT2D eigenvalue weighted by Gasteiger charge is -2.26. The Bertz CT molecular complexity index is 1130. The van der Waals surface area contributed by atoms with Gasteiger partial charge in [-0.3, -0.25) is 9.69 Å². The Morgan fingerprint density at radius 2 is 2.00 bits per heavy atom. The van der Waals surface area contributed by atoms with E-state index in [0.29, 0.717) is 17.9 Å². The molecular formula is C26H32N6O2S. The van der Waals surface area contributed by atoms with Crippen LogP contribution < -0.4 is 10.6 Å². The van der Waals surface area contributed by atoms with Crippen LogP contribution >= 0.6 is 11.3 Å². The van der Waals surface area contributed by atoms with Crippen LogP contribution in [0.1, 0.15) is 22.2 Å². The minimum atomic E-state index is -0.0753. The van der Waals surface area contributed by atoms with E-state index in [-0.39, 0.29) is 5.91 Å². The van der Waals surface area contributed by atoms with Gasteiger partial charge in [-0.05, 0) is 55.3 Å². The number of aliphatic imine (C=N–C) groups is 1. The molecule has 1 aliphatic rings. The zero-order chi connectivity index (χ0) is 24.5. The number of thiophene rings is 1. The van der Waals surface area contributed by atoms with Gasteiger partial charge in [-0.2, -0.15) is 9.78 Å². The minimum absolute atomic E-state index is 0.0753. The third kappa shape index (κ3) is 6.45. The number of aromatic nitrogens is 2. The largest absolute Gasteiger partial charge is 0.379 e. The summed E-state index contributed by atoms with van der Waals surface area (Å²) in [5, 5.41) is 13.1. The average Bonchev–Trinajstić information content (AvgIpc) is 3.57. The van der Waals surface area contributed by atoms with Gasteiger partial charge in [0.25, 0.3) is 5.91 Å². The molecule has 2 aromatic heterocycles. The number of carbonyl (C=O) groups excluding carboxylic acids is 1. The highest BCUT2D eigenvalue weighted by Crippen LogP contribution is 2.31. The molecule has 3 heterocycles. The van der Waals surface area contributed by atoms with Crippen molar-refractivity contribution in [2.45, 2.75) is 13.3 Å². The van der Waals surface area contributed by atoms with Gasteiger partial charge in [-0.15, -0.1) is 11.3 Å². The summed E-state index contributed by atoms with van der Waals surface area (Å²) in [6.07, 6.45) is 4.70. The lowest BCUT2D eigenvalue weighted by molar-refractivity contribution is 0.0383. The molecule has 0 atom stereocenters. The smallest absolute Gasteiger partial charge is 0.251 e. The van der Waals surface area contributed by atoms with Gasteiger partial charge in [0, 0.05) is 48.7 Å². The molecule has 0 unspecified atom stereocenters. The lowest BCUT2D eigenvalue weighted by Crippen LogP contribution is -2.41. The maximum atomic E-state index is 12.6. The zero-order valence-corrected chi connectivity index (χ0v) is 20.9. The van der Waals surface area contributed by atoms with Crippen molar-refractivity contribution in [3.05, 3.63) is 64.5 Å². The fourth-order valence-corrected chi connectivity index (χ4v) is 4.71. The standard InChI is InChI=1S/C26H32N6O2S/c1-3-24(28-11-10-22-5-4-18-35-22)32-25(27-2)23(19-30-32)20-6-8-21(9-7-20)26(33)29-12-13-31-14-16-34-17-15-31/h3-9,18-19,28H,2,10-17H2,1H3,(H,29,33)/b24-3-. The van der Waals surface area contributed by atoms with Gasteiger partial charge in [0.2, 0.25) is 0 Å². The highest BCUT2D eigenvalue weighted by molar-refractivity contribution is 7.09. The number of carbonyl (C=O) groups is 1. The summed E-state index contributed by atoms with van der Waals surface area (Å²) in [6, 6.07) is 11.7. The monoisotopic (exact) mass is 492 g/mol. The first-order valence-electron chi connectivity index (χ1n) is 11.9. The Hall–Kier alpha value is -3.27. The topological polar surface area (TPSA) is 83.8 Å². The van der Waals surface area contributed by atoms with E-state index in [0.717, 1.165) is 62.8 Å². The molecule has 1 fully saturated rings. The van der Waals surface area contributed by atoms with Crippen LogP contribution in [0.5, 0.6) is 0 Å². The van der Waals surface area contributed by atoms with Gasteiger partial charge in [-0.25, -0.2) is 4.99 Å². The first-order chi connectivity index (χ1) is 17.2. The second-order valence-corrected chi connectivity index (χ2v) is 9.20. The SMILES string of the molecule is C=Nc1c(-c2ccc(C(=O)NCCN3CCOCC3)cc2)cnn1/C(=C\C)NCCc1cccs1. The van der Waals surface area contributed by atoms with E-state index < -0.39 is 0 Å². The predicted molar refractivity (Wildman–Crippen MR) is 142 cm³/mol. The number of ether oxygens (including phenoxy) is 1. The van der Waals surface area contributed by atoms with Gasteiger partial charge in [0.1, 0.15) is 5.82 Å². The van der Waals surface area contributed by atoms with Crippen molar-refractivity contribution < 1.29 is 9.53 Å². The van der Waals surface area contributed by atoms with Crippen LogP contribution in [0.2, 0.25) is 0 Å². The number of nitrogens with zero attached hydrogens (tertiary/aromatic N) is 4. The third-order valence-electron chi connectivity index (χ3n) is 5.93. The molecule has 4 rings (SSSR count). The molecule has 1 aromatic carbocycles. The van der Waals surface area contributed by atoms with Crippen molar-refractivity contribution >= 4 is 35.6 Å². The van der Waals surface area contributed by atoms with E-state index in [9.17, 15) is 4.79 Å². The number of rotatable bonds is 11. The van der Waals surface area contributed by atoms with E-state index in [1.807, 2.05) is 37.3 Å². The fraction of sp³-hybridized carbons (Fsp3) is 0.346. The number of hydrogen-bond acceptors (Lipinski definition) is 7. The molecule has 0 radical (unpaired) electrons. The Labute approximate surface area is 210 Å². The number of hydrogen-bond donors (Lipinski definition) is 2. The van der Waals surface area contributed by atoms with Crippen molar-refractivity contribution in [2.75, 3.05) is 45.9 Å². The van der Waals surface area contributed by atoms with Gasteiger partial charge < -0.3 is 15.4 Å². The lowest BCUT2D eigenvalue weighted by atomic mass is 10.1. The maximum absolute atomic E-state index is 12.6. The number of allylic oxidation sites excluding steroid dienone is 1. The van der Waals surface area contributed by atoms with Crippen molar-refractivity contribution in [2.24, 2.45) is 4.99 Å². The summed E-state index contributed by atoms with van der Waals surface area (Å²) in [5.74, 6) is 1.43. The Kier molecular flexibility index (Phi) is 8.83. The molecule has 1 aliphatic heterocycles. The third-order valence-corrected chi connectivity index (χ3v) is 6.86. The molecule has 1 amide bonds. The molecule has 1 saturated heterocycles. The van der Waals surface area contributed by atoms with E-state index in [4.69, 9.17) is 4.74 Å². The quantitative estimate of drug-likeness (QED) is 0.399. The average molecular weight is 493 g/mol. The van der Waals surface area contributed by atoms with Crippen molar-refractivity contribution in [1.29, 1.82) is 0 Å². The molecule has 0 bridgehead atoms. The molecule has 9 heteroatoms. The molecule has 35 heavy (non-hydrogen) atoms. The number of nitrogens with one attached hydrogen (secondary N) is 2. The molecule has 0 saturated carbocycles. The van der Waals surface area contributed by atoms with Crippen LogP contribution in [0.3, 0.4) is 0 Å². The molecule has 3 aromatic rings.